The maximum absolute atomic E-state index is 10.7. The minimum absolute atomic E-state index is 0.192. The van der Waals surface area contributed by atoms with Crippen LogP contribution in [0.25, 0.3) is 6.08 Å². The molecule has 0 radical (unpaired) electrons. The molecule has 0 heterocycles. The van der Waals surface area contributed by atoms with E-state index in [1.165, 1.54) is 19.3 Å². The van der Waals surface area contributed by atoms with Gasteiger partial charge in [0.05, 0.1) is 12.7 Å². The lowest BCUT2D eigenvalue weighted by Gasteiger charge is -2.25. The molecule has 4 nitrogen and oxygen atoms in total. The Balaban J connectivity index is 2.26. The first-order valence-electron chi connectivity index (χ1n) is 7.54. The van der Waals surface area contributed by atoms with E-state index in [0.717, 1.165) is 24.5 Å². The summed E-state index contributed by atoms with van der Waals surface area (Å²) < 4.78 is 11.8. The Bertz CT molecular complexity index is 502. The van der Waals surface area contributed by atoms with E-state index in [4.69, 9.17) is 14.6 Å². The molecule has 1 aliphatic rings. The average Bonchev–Trinajstić information content (AvgIpc) is 2.49. The lowest BCUT2D eigenvalue weighted by Crippen LogP contribution is -2.20. The van der Waals surface area contributed by atoms with Gasteiger partial charge in [0.15, 0.2) is 11.5 Å². The van der Waals surface area contributed by atoms with Gasteiger partial charge in [0, 0.05) is 11.6 Å². The summed E-state index contributed by atoms with van der Waals surface area (Å²) in [5.74, 6) is 0.361. The summed E-state index contributed by atoms with van der Waals surface area (Å²) in [7, 11) is 0. The molecule has 0 spiro atoms. The highest BCUT2D eigenvalue weighted by atomic mass is 16.5. The summed E-state index contributed by atoms with van der Waals surface area (Å²) >= 11 is 0. The van der Waals surface area contributed by atoms with Gasteiger partial charge in [-0.3, -0.25) is 0 Å². The normalized spacial score (nSPS) is 16.0. The zero-order valence-corrected chi connectivity index (χ0v) is 12.4. The molecule has 0 atom stereocenters. The lowest BCUT2D eigenvalue weighted by molar-refractivity contribution is -0.131. The smallest absolute Gasteiger partial charge is 0.328 e. The van der Waals surface area contributed by atoms with Crippen molar-refractivity contribution in [3.8, 4) is 11.5 Å². The molecule has 0 unspecified atom stereocenters. The van der Waals surface area contributed by atoms with Crippen molar-refractivity contribution in [3.05, 3.63) is 29.8 Å². The second-order valence-electron chi connectivity index (χ2n) is 5.16. The summed E-state index contributed by atoms with van der Waals surface area (Å²) in [4.78, 5) is 10.7. The van der Waals surface area contributed by atoms with Gasteiger partial charge in [-0.15, -0.1) is 0 Å². The van der Waals surface area contributed by atoms with Gasteiger partial charge < -0.3 is 14.6 Å². The van der Waals surface area contributed by atoms with E-state index in [2.05, 4.69) is 0 Å². The van der Waals surface area contributed by atoms with Gasteiger partial charge in [-0.25, -0.2) is 4.79 Å². The van der Waals surface area contributed by atoms with E-state index in [1.807, 2.05) is 25.1 Å². The summed E-state index contributed by atoms with van der Waals surface area (Å²) in [5, 5.41) is 8.80. The SMILES string of the molecule is CCOc1cccc(C=CC(=O)O)c1OC1CCCCC1. The quantitative estimate of drug-likeness (QED) is 0.807. The van der Waals surface area contributed by atoms with Crippen molar-refractivity contribution in [2.75, 3.05) is 6.61 Å². The molecule has 1 saturated carbocycles. The van der Waals surface area contributed by atoms with Crippen LogP contribution in [0.2, 0.25) is 0 Å². The first-order chi connectivity index (χ1) is 10.2. The summed E-state index contributed by atoms with van der Waals surface area (Å²) in [6.07, 6.45) is 8.59. The van der Waals surface area contributed by atoms with Gasteiger partial charge >= 0.3 is 5.97 Å². The van der Waals surface area contributed by atoms with Crippen LogP contribution in [0.1, 0.15) is 44.6 Å². The molecule has 0 aliphatic heterocycles. The fraction of sp³-hybridized carbons (Fsp3) is 0.471. The number of ether oxygens (including phenoxy) is 2. The van der Waals surface area contributed by atoms with Gasteiger partial charge in [0.1, 0.15) is 0 Å². The minimum atomic E-state index is -0.972. The number of rotatable bonds is 6. The second kappa shape index (κ2) is 7.72. The molecule has 1 fully saturated rings. The Labute approximate surface area is 125 Å². The van der Waals surface area contributed by atoms with Crippen molar-refractivity contribution < 1.29 is 19.4 Å². The number of hydrogen-bond donors (Lipinski definition) is 1. The first-order valence-corrected chi connectivity index (χ1v) is 7.54. The van der Waals surface area contributed by atoms with Crippen molar-refractivity contribution >= 4 is 12.0 Å². The molecular weight excluding hydrogens is 268 g/mol. The predicted molar refractivity (Wildman–Crippen MR) is 81.8 cm³/mol. The van der Waals surface area contributed by atoms with E-state index < -0.39 is 5.97 Å². The Kier molecular flexibility index (Phi) is 5.67. The maximum Gasteiger partial charge on any atom is 0.328 e. The summed E-state index contributed by atoms with van der Waals surface area (Å²) in [5.41, 5.74) is 0.744. The summed E-state index contributed by atoms with van der Waals surface area (Å²) in [6, 6.07) is 5.56. The molecule has 21 heavy (non-hydrogen) atoms. The third kappa shape index (κ3) is 4.52. The number of hydrogen-bond acceptors (Lipinski definition) is 3. The van der Waals surface area contributed by atoms with Crippen molar-refractivity contribution in [3.63, 3.8) is 0 Å². The van der Waals surface area contributed by atoms with Crippen molar-refractivity contribution in [2.45, 2.75) is 45.1 Å². The lowest BCUT2D eigenvalue weighted by atomic mass is 9.97. The molecule has 0 amide bonds. The van der Waals surface area contributed by atoms with Gasteiger partial charge in [-0.1, -0.05) is 18.6 Å². The van der Waals surface area contributed by atoms with Crippen LogP contribution < -0.4 is 9.47 Å². The molecule has 114 valence electrons. The fourth-order valence-electron chi connectivity index (χ4n) is 2.57. The molecule has 1 N–H and O–H groups in total. The van der Waals surface area contributed by atoms with Gasteiger partial charge in [-0.2, -0.15) is 0 Å². The molecule has 4 heteroatoms. The summed E-state index contributed by atoms with van der Waals surface area (Å²) in [6.45, 7) is 2.47. The van der Waals surface area contributed by atoms with E-state index in [9.17, 15) is 4.79 Å². The molecular formula is C17H22O4. The largest absolute Gasteiger partial charge is 0.490 e. The predicted octanol–water partition coefficient (Wildman–Crippen LogP) is 3.89. The Hall–Kier alpha value is -1.97. The highest BCUT2D eigenvalue weighted by Gasteiger charge is 2.18. The van der Waals surface area contributed by atoms with Crippen LogP contribution in [0.5, 0.6) is 11.5 Å². The topological polar surface area (TPSA) is 55.8 Å². The van der Waals surface area contributed by atoms with Crippen LogP contribution in [0.4, 0.5) is 0 Å². The van der Waals surface area contributed by atoms with E-state index >= 15 is 0 Å². The molecule has 0 aromatic heterocycles. The van der Waals surface area contributed by atoms with Gasteiger partial charge in [0.2, 0.25) is 0 Å². The van der Waals surface area contributed by atoms with E-state index in [1.54, 1.807) is 6.08 Å². The van der Waals surface area contributed by atoms with Crippen LogP contribution in [-0.4, -0.2) is 23.8 Å². The number of para-hydroxylation sites is 1. The number of benzene rings is 1. The molecule has 1 aromatic rings. The molecule has 2 rings (SSSR count). The number of carbonyl (C=O) groups is 1. The molecule has 1 aromatic carbocycles. The third-order valence-corrected chi connectivity index (χ3v) is 3.55. The molecule has 0 saturated heterocycles. The van der Waals surface area contributed by atoms with Crippen LogP contribution in [0, 0.1) is 0 Å². The monoisotopic (exact) mass is 290 g/mol. The van der Waals surface area contributed by atoms with Crippen LogP contribution in [0.15, 0.2) is 24.3 Å². The maximum atomic E-state index is 10.7. The van der Waals surface area contributed by atoms with Gasteiger partial charge in [0.25, 0.3) is 0 Å². The number of carboxylic acid groups (broad SMARTS) is 1. The highest BCUT2D eigenvalue weighted by molar-refractivity contribution is 5.86. The number of aliphatic carboxylic acids is 1. The van der Waals surface area contributed by atoms with Crippen molar-refractivity contribution in [1.82, 2.24) is 0 Å². The van der Waals surface area contributed by atoms with Gasteiger partial charge in [-0.05, 0) is 44.7 Å². The molecule has 0 bridgehead atoms. The van der Waals surface area contributed by atoms with Crippen LogP contribution in [0.3, 0.4) is 0 Å². The Morgan fingerprint density at radius 2 is 2.10 bits per heavy atom. The van der Waals surface area contributed by atoms with E-state index in [-0.39, 0.29) is 6.10 Å². The highest BCUT2D eigenvalue weighted by Crippen LogP contribution is 2.35. The Morgan fingerprint density at radius 3 is 2.76 bits per heavy atom. The Morgan fingerprint density at radius 1 is 1.33 bits per heavy atom. The fourth-order valence-corrected chi connectivity index (χ4v) is 2.57. The zero-order valence-electron chi connectivity index (χ0n) is 12.4. The average molecular weight is 290 g/mol. The standard InChI is InChI=1S/C17H22O4/c1-2-20-15-10-6-7-13(11-12-16(18)19)17(15)21-14-8-4-3-5-9-14/h6-7,10-12,14H,2-5,8-9H2,1H3,(H,18,19). The number of carboxylic acids is 1. The van der Waals surface area contributed by atoms with Crippen LogP contribution >= 0.6 is 0 Å². The van der Waals surface area contributed by atoms with Crippen molar-refractivity contribution in [1.29, 1.82) is 0 Å². The van der Waals surface area contributed by atoms with E-state index in [0.29, 0.717) is 18.1 Å². The molecule has 1 aliphatic carbocycles. The zero-order chi connectivity index (χ0) is 15.1. The van der Waals surface area contributed by atoms with Crippen LogP contribution in [-0.2, 0) is 4.79 Å². The first kappa shape index (κ1) is 15.4. The second-order valence-corrected chi connectivity index (χ2v) is 5.16. The van der Waals surface area contributed by atoms with Crippen molar-refractivity contribution in [2.24, 2.45) is 0 Å². The minimum Gasteiger partial charge on any atom is -0.490 e. The third-order valence-electron chi connectivity index (χ3n) is 3.55.